The molecule has 1 unspecified atom stereocenters. The van der Waals surface area contributed by atoms with Gasteiger partial charge in [-0.25, -0.2) is 9.07 Å². The predicted octanol–water partition coefficient (Wildman–Crippen LogP) is 3.68. The molecule has 0 aliphatic heterocycles. The van der Waals surface area contributed by atoms with Crippen LogP contribution in [-0.4, -0.2) is 14.9 Å². The first kappa shape index (κ1) is 15.2. The molecule has 3 aromatic rings. The fourth-order valence-electron chi connectivity index (χ4n) is 2.46. The van der Waals surface area contributed by atoms with Gasteiger partial charge in [0.2, 0.25) is 0 Å². The van der Waals surface area contributed by atoms with Gasteiger partial charge in [0.25, 0.3) is 0 Å². The Morgan fingerprint density at radius 1 is 1.22 bits per heavy atom. The highest BCUT2D eigenvalue weighted by atomic mass is 19.1. The van der Waals surface area contributed by atoms with Crippen LogP contribution in [0.4, 0.5) is 10.1 Å². The van der Waals surface area contributed by atoms with Crippen molar-refractivity contribution in [1.82, 2.24) is 9.78 Å². The summed E-state index contributed by atoms with van der Waals surface area (Å²) in [4.78, 5) is 0. The second-order valence-electron chi connectivity index (χ2n) is 5.39. The van der Waals surface area contributed by atoms with Crippen LogP contribution in [0.5, 0.6) is 0 Å². The smallest absolute Gasteiger partial charge is 0.148 e. The van der Waals surface area contributed by atoms with Crippen molar-refractivity contribution in [3.8, 4) is 5.69 Å². The number of anilines is 1. The lowest BCUT2D eigenvalue weighted by molar-refractivity contribution is 0.281. The third-order valence-electron chi connectivity index (χ3n) is 3.70. The average Bonchev–Trinajstić information content (AvgIpc) is 3.03. The Hall–Kier alpha value is -2.66. The lowest BCUT2D eigenvalue weighted by Crippen LogP contribution is -2.06. The van der Waals surface area contributed by atoms with E-state index in [1.807, 2.05) is 31.2 Å². The number of hydrogen-bond donors (Lipinski definition) is 2. The first-order valence-electron chi connectivity index (χ1n) is 7.43. The Balaban J connectivity index is 1.77. The Morgan fingerprint density at radius 2 is 2.04 bits per heavy atom. The molecule has 4 nitrogen and oxygen atoms in total. The van der Waals surface area contributed by atoms with E-state index in [0.717, 1.165) is 16.8 Å². The highest BCUT2D eigenvalue weighted by Gasteiger charge is 2.09. The van der Waals surface area contributed by atoms with E-state index in [4.69, 9.17) is 0 Å². The molecule has 23 heavy (non-hydrogen) atoms. The average molecular weight is 311 g/mol. The van der Waals surface area contributed by atoms with Crippen LogP contribution >= 0.6 is 0 Å². The fourth-order valence-corrected chi connectivity index (χ4v) is 2.46. The van der Waals surface area contributed by atoms with Gasteiger partial charge in [0.15, 0.2) is 0 Å². The minimum Gasteiger partial charge on any atom is -0.392 e. The van der Waals surface area contributed by atoms with Crippen LogP contribution in [0.1, 0.15) is 24.1 Å². The van der Waals surface area contributed by atoms with Gasteiger partial charge in [0.05, 0.1) is 24.7 Å². The minimum atomic E-state index is -0.314. The summed E-state index contributed by atoms with van der Waals surface area (Å²) < 4.78 is 15.3. The van der Waals surface area contributed by atoms with Gasteiger partial charge in [-0.1, -0.05) is 36.4 Å². The molecule has 1 aromatic heterocycles. The summed E-state index contributed by atoms with van der Waals surface area (Å²) in [5.41, 5.74) is 3.15. The summed E-state index contributed by atoms with van der Waals surface area (Å²) >= 11 is 0. The number of halogens is 1. The summed E-state index contributed by atoms with van der Waals surface area (Å²) in [6, 6.07) is 14.3. The molecule has 0 aliphatic carbocycles. The van der Waals surface area contributed by atoms with E-state index in [-0.39, 0.29) is 18.5 Å². The quantitative estimate of drug-likeness (QED) is 0.756. The van der Waals surface area contributed by atoms with Crippen LogP contribution in [0.2, 0.25) is 0 Å². The first-order chi connectivity index (χ1) is 11.2. The number of hydrogen-bond acceptors (Lipinski definition) is 3. The lowest BCUT2D eigenvalue weighted by Gasteiger charge is -2.14. The van der Waals surface area contributed by atoms with Crippen molar-refractivity contribution in [2.75, 3.05) is 5.32 Å². The van der Waals surface area contributed by atoms with Crippen molar-refractivity contribution < 1.29 is 9.50 Å². The molecular formula is C18H18FN3O. The molecule has 0 saturated carbocycles. The van der Waals surface area contributed by atoms with E-state index >= 15 is 0 Å². The molecule has 0 aliphatic rings. The third kappa shape index (κ3) is 3.40. The number of rotatable bonds is 5. The van der Waals surface area contributed by atoms with Crippen molar-refractivity contribution in [2.45, 2.75) is 19.6 Å². The molecule has 5 heteroatoms. The largest absolute Gasteiger partial charge is 0.392 e. The number of benzene rings is 2. The molecule has 1 atom stereocenters. The van der Waals surface area contributed by atoms with E-state index in [1.165, 1.54) is 10.7 Å². The maximum Gasteiger partial charge on any atom is 0.148 e. The maximum absolute atomic E-state index is 13.8. The standard InChI is InChI=1S/C18H18FN3O/c1-13(15-6-4-5-14(9-15)12-23)21-16-10-20-22(11-16)18-8-3-2-7-17(18)19/h2-11,13,21,23H,12H2,1H3. The van der Waals surface area contributed by atoms with E-state index in [0.29, 0.717) is 5.69 Å². The molecule has 2 N–H and O–H groups in total. The SMILES string of the molecule is CC(Nc1cnn(-c2ccccc2F)c1)c1cccc(CO)c1. The first-order valence-corrected chi connectivity index (χ1v) is 7.43. The highest BCUT2D eigenvalue weighted by molar-refractivity contribution is 5.45. The second-order valence-corrected chi connectivity index (χ2v) is 5.39. The normalized spacial score (nSPS) is 12.1. The van der Waals surface area contributed by atoms with Gasteiger partial charge in [0, 0.05) is 6.04 Å². The zero-order valence-corrected chi connectivity index (χ0v) is 12.8. The van der Waals surface area contributed by atoms with Crippen molar-refractivity contribution >= 4 is 5.69 Å². The van der Waals surface area contributed by atoms with Crippen LogP contribution in [0, 0.1) is 5.82 Å². The van der Waals surface area contributed by atoms with Crippen LogP contribution in [0.15, 0.2) is 60.9 Å². The van der Waals surface area contributed by atoms with E-state index in [2.05, 4.69) is 10.4 Å². The zero-order valence-electron chi connectivity index (χ0n) is 12.8. The molecule has 0 bridgehead atoms. The molecule has 2 aromatic carbocycles. The summed E-state index contributed by atoms with van der Waals surface area (Å²) in [6.07, 6.45) is 3.42. The Morgan fingerprint density at radius 3 is 2.83 bits per heavy atom. The number of para-hydroxylation sites is 1. The van der Waals surface area contributed by atoms with Gasteiger partial charge in [-0.15, -0.1) is 0 Å². The third-order valence-corrected chi connectivity index (χ3v) is 3.70. The molecule has 0 spiro atoms. The summed E-state index contributed by atoms with van der Waals surface area (Å²) in [5, 5.41) is 16.8. The maximum atomic E-state index is 13.8. The van der Waals surface area contributed by atoms with Gasteiger partial charge in [-0.2, -0.15) is 5.10 Å². The van der Waals surface area contributed by atoms with E-state index < -0.39 is 0 Å². The van der Waals surface area contributed by atoms with Gasteiger partial charge < -0.3 is 10.4 Å². The lowest BCUT2D eigenvalue weighted by atomic mass is 10.1. The molecule has 1 heterocycles. The Kier molecular flexibility index (Phi) is 4.39. The monoisotopic (exact) mass is 311 g/mol. The molecule has 0 saturated heterocycles. The fraction of sp³-hybridized carbons (Fsp3) is 0.167. The van der Waals surface area contributed by atoms with E-state index in [1.54, 1.807) is 30.6 Å². The molecular weight excluding hydrogens is 293 g/mol. The van der Waals surface area contributed by atoms with Crippen molar-refractivity contribution in [1.29, 1.82) is 0 Å². The topological polar surface area (TPSA) is 50.1 Å². The number of aliphatic hydroxyl groups is 1. The van der Waals surface area contributed by atoms with Crippen LogP contribution < -0.4 is 5.32 Å². The Labute approximate surface area is 134 Å². The highest BCUT2D eigenvalue weighted by Crippen LogP contribution is 2.21. The Bertz CT molecular complexity index is 800. The van der Waals surface area contributed by atoms with Crippen molar-refractivity contribution in [3.63, 3.8) is 0 Å². The predicted molar refractivity (Wildman–Crippen MR) is 87.9 cm³/mol. The minimum absolute atomic E-state index is 0.0196. The number of nitrogens with one attached hydrogen (secondary N) is 1. The summed E-state index contributed by atoms with van der Waals surface area (Å²) in [6.45, 7) is 2.04. The van der Waals surface area contributed by atoms with Gasteiger partial charge in [-0.05, 0) is 30.2 Å². The van der Waals surface area contributed by atoms with Gasteiger partial charge in [-0.3, -0.25) is 0 Å². The zero-order chi connectivity index (χ0) is 16.2. The number of aromatic nitrogens is 2. The molecule has 0 amide bonds. The van der Waals surface area contributed by atoms with Crippen LogP contribution in [0.3, 0.4) is 0 Å². The van der Waals surface area contributed by atoms with E-state index in [9.17, 15) is 9.50 Å². The second kappa shape index (κ2) is 6.62. The van der Waals surface area contributed by atoms with Crippen LogP contribution in [0.25, 0.3) is 5.69 Å². The van der Waals surface area contributed by atoms with Crippen molar-refractivity contribution in [3.05, 3.63) is 77.9 Å². The van der Waals surface area contributed by atoms with Gasteiger partial charge in [0.1, 0.15) is 11.5 Å². The molecule has 118 valence electrons. The van der Waals surface area contributed by atoms with Crippen molar-refractivity contribution in [2.24, 2.45) is 0 Å². The van der Waals surface area contributed by atoms with Crippen LogP contribution in [-0.2, 0) is 6.61 Å². The molecule has 0 radical (unpaired) electrons. The number of nitrogens with zero attached hydrogens (tertiary/aromatic N) is 2. The molecule has 0 fully saturated rings. The summed E-state index contributed by atoms with van der Waals surface area (Å²) in [5.74, 6) is -0.314. The summed E-state index contributed by atoms with van der Waals surface area (Å²) in [7, 11) is 0. The molecule has 3 rings (SSSR count). The van der Waals surface area contributed by atoms with Gasteiger partial charge >= 0.3 is 0 Å². The number of aliphatic hydroxyl groups excluding tert-OH is 1.